The molecule has 0 saturated heterocycles. The van der Waals surface area contributed by atoms with E-state index < -0.39 is 28.5 Å². The van der Waals surface area contributed by atoms with E-state index >= 15 is 0 Å². The minimum absolute atomic E-state index is 0.108. The Labute approximate surface area is 215 Å². The lowest BCUT2D eigenvalue weighted by molar-refractivity contribution is -0.139. The van der Waals surface area contributed by atoms with E-state index in [0.717, 1.165) is 46.3 Å². The molecule has 0 heterocycles. The van der Waals surface area contributed by atoms with Crippen LogP contribution in [-0.2, 0) is 26.2 Å². The van der Waals surface area contributed by atoms with Gasteiger partial charge in [-0.15, -0.1) is 0 Å². The minimum atomic E-state index is -3.79. The number of amides is 2. The second-order valence-corrected chi connectivity index (χ2v) is 11.6. The largest absolute Gasteiger partial charge is 0.497 e. The van der Waals surface area contributed by atoms with Crippen molar-refractivity contribution in [2.45, 2.75) is 51.2 Å². The maximum atomic E-state index is 13.6. The normalized spacial score (nSPS) is 14.9. The molecule has 2 amide bonds. The van der Waals surface area contributed by atoms with Crippen LogP contribution in [0.1, 0.15) is 38.2 Å². The van der Waals surface area contributed by atoms with Gasteiger partial charge in [-0.2, -0.15) is 0 Å². The zero-order chi connectivity index (χ0) is 25.6. The second-order valence-electron chi connectivity index (χ2n) is 8.79. The number of hydrogen-bond acceptors (Lipinski definition) is 5. The number of anilines is 1. The monoisotopic (exact) mass is 565 g/mol. The standard InChI is InChI=1S/C25H32BrN3O5S/c1-18(25(31)27-21-10-4-5-11-21)28(16-19-8-6-9-20(26)14-19)24(30)17-29(35(3,32)33)22-12-7-13-23(15-22)34-2/h6-9,12-15,18,21H,4-5,10-11,16-17H2,1-3H3,(H,27,31). The number of carbonyl (C=O) groups excluding carboxylic acids is 2. The van der Waals surface area contributed by atoms with Crippen molar-refractivity contribution in [2.24, 2.45) is 0 Å². The van der Waals surface area contributed by atoms with E-state index in [2.05, 4.69) is 21.2 Å². The molecule has 1 saturated carbocycles. The first kappa shape index (κ1) is 27.0. The van der Waals surface area contributed by atoms with Crippen LogP contribution in [0.25, 0.3) is 0 Å². The van der Waals surface area contributed by atoms with Gasteiger partial charge in [-0.25, -0.2) is 8.42 Å². The summed E-state index contributed by atoms with van der Waals surface area (Å²) in [5, 5.41) is 3.05. The molecule has 1 aliphatic rings. The Bertz CT molecular complexity index is 1150. The molecular formula is C25H32BrN3O5S. The molecule has 1 aliphatic carbocycles. The number of nitrogens with one attached hydrogen (secondary N) is 1. The fraction of sp³-hybridized carbons (Fsp3) is 0.440. The first-order chi connectivity index (χ1) is 16.6. The topological polar surface area (TPSA) is 96.0 Å². The van der Waals surface area contributed by atoms with Crippen molar-refractivity contribution < 1.29 is 22.7 Å². The molecule has 2 aromatic rings. The first-order valence-corrected chi connectivity index (χ1v) is 14.2. The minimum Gasteiger partial charge on any atom is -0.497 e. The van der Waals surface area contributed by atoms with Crippen LogP contribution in [0.15, 0.2) is 53.0 Å². The van der Waals surface area contributed by atoms with Crippen molar-refractivity contribution in [1.29, 1.82) is 0 Å². The molecule has 0 radical (unpaired) electrons. The van der Waals surface area contributed by atoms with Gasteiger partial charge in [0.1, 0.15) is 18.3 Å². The van der Waals surface area contributed by atoms with Gasteiger partial charge in [-0.05, 0) is 49.6 Å². The number of hydrogen-bond donors (Lipinski definition) is 1. The molecule has 8 nitrogen and oxygen atoms in total. The highest BCUT2D eigenvalue weighted by molar-refractivity contribution is 9.10. The van der Waals surface area contributed by atoms with Crippen molar-refractivity contribution >= 4 is 43.5 Å². The van der Waals surface area contributed by atoms with Gasteiger partial charge >= 0.3 is 0 Å². The van der Waals surface area contributed by atoms with Gasteiger partial charge in [0.2, 0.25) is 21.8 Å². The van der Waals surface area contributed by atoms with E-state index in [0.29, 0.717) is 11.4 Å². The van der Waals surface area contributed by atoms with E-state index in [1.165, 1.54) is 12.0 Å². The quantitative estimate of drug-likeness (QED) is 0.473. The van der Waals surface area contributed by atoms with E-state index in [4.69, 9.17) is 4.74 Å². The molecule has 0 spiro atoms. The third-order valence-corrected chi connectivity index (χ3v) is 7.77. The molecule has 1 N–H and O–H groups in total. The molecule has 1 atom stereocenters. The van der Waals surface area contributed by atoms with E-state index in [-0.39, 0.29) is 18.5 Å². The van der Waals surface area contributed by atoms with E-state index in [9.17, 15) is 18.0 Å². The van der Waals surface area contributed by atoms with Crippen molar-refractivity contribution in [3.63, 3.8) is 0 Å². The maximum absolute atomic E-state index is 13.6. The number of rotatable bonds is 10. The van der Waals surface area contributed by atoms with Gasteiger partial charge in [-0.1, -0.05) is 47.0 Å². The molecule has 35 heavy (non-hydrogen) atoms. The van der Waals surface area contributed by atoms with Crippen LogP contribution in [0.5, 0.6) is 5.75 Å². The summed E-state index contributed by atoms with van der Waals surface area (Å²) in [4.78, 5) is 28.1. The summed E-state index contributed by atoms with van der Waals surface area (Å²) in [7, 11) is -2.31. The fourth-order valence-corrected chi connectivity index (χ4v) is 5.47. The number of halogens is 1. The molecule has 190 valence electrons. The summed E-state index contributed by atoms with van der Waals surface area (Å²) in [6, 6.07) is 13.3. The zero-order valence-electron chi connectivity index (χ0n) is 20.2. The van der Waals surface area contributed by atoms with Gasteiger partial charge in [0.25, 0.3) is 0 Å². The number of ether oxygens (including phenoxy) is 1. The number of carbonyl (C=O) groups is 2. The molecule has 0 aliphatic heterocycles. The van der Waals surface area contributed by atoms with Crippen LogP contribution in [0, 0.1) is 0 Å². The Morgan fingerprint density at radius 3 is 2.46 bits per heavy atom. The van der Waals surface area contributed by atoms with Crippen LogP contribution < -0.4 is 14.4 Å². The van der Waals surface area contributed by atoms with E-state index in [1.54, 1.807) is 31.2 Å². The average molecular weight is 567 g/mol. The summed E-state index contributed by atoms with van der Waals surface area (Å²) in [6.07, 6.45) is 5.05. The molecular weight excluding hydrogens is 534 g/mol. The van der Waals surface area contributed by atoms with Crippen LogP contribution in [0.2, 0.25) is 0 Å². The number of sulfonamides is 1. The van der Waals surface area contributed by atoms with Gasteiger partial charge in [0, 0.05) is 23.1 Å². The van der Waals surface area contributed by atoms with Crippen LogP contribution in [0.3, 0.4) is 0 Å². The van der Waals surface area contributed by atoms with Crippen molar-refractivity contribution in [3.8, 4) is 5.75 Å². The lowest BCUT2D eigenvalue weighted by Crippen LogP contribution is -2.52. The third-order valence-electron chi connectivity index (χ3n) is 6.13. The lowest BCUT2D eigenvalue weighted by atomic mass is 10.1. The first-order valence-electron chi connectivity index (χ1n) is 11.5. The summed E-state index contributed by atoms with van der Waals surface area (Å²) in [5.41, 5.74) is 1.13. The van der Waals surface area contributed by atoms with Crippen molar-refractivity contribution in [1.82, 2.24) is 10.2 Å². The highest BCUT2D eigenvalue weighted by Gasteiger charge is 2.31. The van der Waals surface area contributed by atoms with Gasteiger partial charge in [-0.3, -0.25) is 13.9 Å². The Morgan fingerprint density at radius 1 is 1.14 bits per heavy atom. The molecule has 2 aromatic carbocycles. The van der Waals surface area contributed by atoms with Gasteiger partial charge in [0.05, 0.1) is 19.1 Å². The SMILES string of the molecule is COc1cccc(N(CC(=O)N(Cc2cccc(Br)c2)C(C)C(=O)NC2CCCC2)S(C)(=O)=O)c1. The van der Waals surface area contributed by atoms with Crippen LogP contribution in [-0.4, -0.2) is 57.1 Å². The smallest absolute Gasteiger partial charge is 0.244 e. The Kier molecular flexibility index (Phi) is 9.18. The zero-order valence-corrected chi connectivity index (χ0v) is 22.6. The van der Waals surface area contributed by atoms with Crippen molar-refractivity contribution in [3.05, 3.63) is 58.6 Å². The van der Waals surface area contributed by atoms with Crippen LogP contribution >= 0.6 is 15.9 Å². The summed E-state index contributed by atoms with van der Waals surface area (Å²) >= 11 is 3.44. The number of nitrogens with zero attached hydrogens (tertiary/aromatic N) is 2. The fourth-order valence-electron chi connectivity index (χ4n) is 4.19. The highest BCUT2D eigenvalue weighted by Crippen LogP contribution is 2.24. The summed E-state index contributed by atoms with van der Waals surface area (Å²) < 4.78 is 32.4. The molecule has 0 bridgehead atoms. The van der Waals surface area contributed by atoms with E-state index in [1.807, 2.05) is 24.3 Å². The Balaban J connectivity index is 1.89. The maximum Gasteiger partial charge on any atom is 0.244 e. The van der Waals surface area contributed by atoms with Gasteiger partial charge in [0.15, 0.2) is 0 Å². The highest BCUT2D eigenvalue weighted by atomic mass is 79.9. The molecule has 3 rings (SSSR count). The molecule has 1 unspecified atom stereocenters. The lowest BCUT2D eigenvalue weighted by Gasteiger charge is -2.32. The molecule has 10 heteroatoms. The summed E-state index contributed by atoms with van der Waals surface area (Å²) in [5.74, 6) is -0.251. The summed E-state index contributed by atoms with van der Waals surface area (Å²) in [6.45, 7) is 1.39. The predicted molar refractivity (Wildman–Crippen MR) is 140 cm³/mol. The Morgan fingerprint density at radius 2 is 1.83 bits per heavy atom. The Hall–Kier alpha value is -2.59. The number of methoxy groups -OCH3 is 1. The molecule has 1 fully saturated rings. The third kappa shape index (κ3) is 7.44. The average Bonchev–Trinajstić information content (AvgIpc) is 3.32. The molecule has 0 aromatic heterocycles. The van der Waals surface area contributed by atoms with Crippen molar-refractivity contribution in [2.75, 3.05) is 24.2 Å². The predicted octanol–water partition coefficient (Wildman–Crippen LogP) is 3.70. The second kappa shape index (κ2) is 11.9. The number of benzene rings is 2. The van der Waals surface area contributed by atoms with Crippen LogP contribution in [0.4, 0.5) is 5.69 Å². The van der Waals surface area contributed by atoms with Gasteiger partial charge < -0.3 is 15.0 Å².